The maximum absolute atomic E-state index is 12.5. The number of amides is 2. The van der Waals surface area contributed by atoms with Gasteiger partial charge in [0.25, 0.3) is 5.56 Å². The summed E-state index contributed by atoms with van der Waals surface area (Å²) in [6, 6.07) is 3.34. The average molecular weight is 333 g/mol. The summed E-state index contributed by atoms with van der Waals surface area (Å²) >= 11 is 0. The largest absolute Gasteiger partial charge is 0.356 e. The Bertz CT molecular complexity index is 639. The van der Waals surface area contributed by atoms with Crippen molar-refractivity contribution in [2.75, 3.05) is 19.6 Å². The third kappa shape index (κ3) is 4.94. The number of unbranched alkanes of at least 4 members (excludes halogenated alkanes) is 1. The number of nitrogens with one attached hydrogen (secondary N) is 1. The molecule has 2 heterocycles. The Balaban J connectivity index is 1.92. The van der Waals surface area contributed by atoms with Gasteiger partial charge in [0.15, 0.2) is 0 Å². The summed E-state index contributed by atoms with van der Waals surface area (Å²) in [6.07, 6.45) is 5.29. The van der Waals surface area contributed by atoms with Gasteiger partial charge in [0.2, 0.25) is 11.8 Å². The van der Waals surface area contributed by atoms with Gasteiger partial charge >= 0.3 is 0 Å². The Morgan fingerprint density at radius 1 is 1.38 bits per heavy atom. The lowest BCUT2D eigenvalue weighted by atomic mass is 9.97. The van der Waals surface area contributed by atoms with E-state index >= 15 is 0 Å². The van der Waals surface area contributed by atoms with E-state index in [1.54, 1.807) is 11.1 Å². The predicted molar refractivity (Wildman–Crippen MR) is 92.7 cm³/mol. The first-order valence-electron chi connectivity index (χ1n) is 8.74. The predicted octanol–water partition coefficient (Wildman–Crippen LogP) is 1.31. The molecule has 2 amide bonds. The minimum atomic E-state index is -0.172. The van der Waals surface area contributed by atoms with Crippen LogP contribution in [0.15, 0.2) is 23.1 Å². The molecule has 132 valence electrons. The molecule has 1 atom stereocenters. The third-order valence-electron chi connectivity index (χ3n) is 4.43. The molecule has 0 aromatic carbocycles. The van der Waals surface area contributed by atoms with Crippen molar-refractivity contribution in [1.82, 2.24) is 14.8 Å². The van der Waals surface area contributed by atoms with Crippen LogP contribution in [0.5, 0.6) is 0 Å². The van der Waals surface area contributed by atoms with Crippen LogP contribution in [0, 0.1) is 12.8 Å². The van der Waals surface area contributed by atoms with E-state index in [2.05, 4.69) is 12.2 Å². The zero-order valence-electron chi connectivity index (χ0n) is 14.6. The first kappa shape index (κ1) is 18.2. The van der Waals surface area contributed by atoms with Crippen molar-refractivity contribution in [3.63, 3.8) is 0 Å². The fraction of sp³-hybridized carbons (Fsp3) is 0.611. The number of aromatic nitrogens is 1. The minimum Gasteiger partial charge on any atom is -0.356 e. The minimum absolute atomic E-state index is 0.0310. The molecule has 0 radical (unpaired) electrons. The van der Waals surface area contributed by atoms with Crippen LogP contribution in [0.4, 0.5) is 0 Å². The molecule has 2 rings (SSSR count). The number of nitrogens with zero attached hydrogens (tertiary/aromatic N) is 2. The molecule has 0 saturated carbocycles. The average Bonchev–Trinajstić information content (AvgIpc) is 2.57. The fourth-order valence-electron chi connectivity index (χ4n) is 2.93. The van der Waals surface area contributed by atoms with Crippen molar-refractivity contribution < 1.29 is 9.59 Å². The number of carbonyl (C=O) groups excluding carboxylic acids is 2. The van der Waals surface area contributed by atoms with Crippen LogP contribution in [0.3, 0.4) is 0 Å². The molecular formula is C18H27N3O3. The van der Waals surface area contributed by atoms with Crippen molar-refractivity contribution in [3.8, 4) is 0 Å². The highest BCUT2D eigenvalue weighted by Gasteiger charge is 2.28. The molecule has 1 aromatic rings. The van der Waals surface area contributed by atoms with E-state index in [-0.39, 0.29) is 29.8 Å². The maximum Gasteiger partial charge on any atom is 0.251 e. The number of carbonyl (C=O) groups is 2. The monoisotopic (exact) mass is 333 g/mol. The summed E-state index contributed by atoms with van der Waals surface area (Å²) in [5.41, 5.74) is 0.708. The van der Waals surface area contributed by atoms with E-state index < -0.39 is 0 Å². The molecule has 0 bridgehead atoms. The Hall–Kier alpha value is -2.11. The third-order valence-corrected chi connectivity index (χ3v) is 4.43. The second-order valence-electron chi connectivity index (χ2n) is 6.49. The Morgan fingerprint density at radius 3 is 2.88 bits per heavy atom. The van der Waals surface area contributed by atoms with Gasteiger partial charge in [-0.1, -0.05) is 13.3 Å². The van der Waals surface area contributed by atoms with Crippen molar-refractivity contribution in [2.45, 2.75) is 46.1 Å². The number of hydrogen-bond acceptors (Lipinski definition) is 3. The number of pyridine rings is 1. The lowest BCUT2D eigenvalue weighted by Gasteiger charge is -2.32. The van der Waals surface area contributed by atoms with Gasteiger partial charge < -0.3 is 14.8 Å². The number of likely N-dealkylation sites (tertiary alicyclic amines) is 1. The lowest BCUT2D eigenvalue weighted by Crippen LogP contribution is -2.47. The van der Waals surface area contributed by atoms with Crippen molar-refractivity contribution in [1.29, 1.82) is 0 Å². The van der Waals surface area contributed by atoms with Crippen molar-refractivity contribution >= 4 is 11.8 Å². The fourth-order valence-corrected chi connectivity index (χ4v) is 2.93. The molecule has 1 saturated heterocycles. The SMILES string of the molecule is CCCCNC(=O)C1CCCN(C(=O)Cn2ccc(C)cc2=O)C1. The van der Waals surface area contributed by atoms with Crippen LogP contribution in [0.1, 0.15) is 38.2 Å². The van der Waals surface area contributed by atoms with Crippen LogP contribution in [-0.4, -0.2) is 40.9 Å². The molecular weight excluding hydrogens is 306 g/mol. The van der Waals surface area contributed by atoms with E-state index in [0.717, 1.165) is 31.2 Å². The summed E-state index contributed by atoms with van der Waals surface area (Å²) in [6.45, 7) is 5.75. The molecule has 1 aliphatic rings. The highest BCUT2D eigenvalue weighted by atomic mass is 16.2. The summed E-state index contributed by atoms with van der Waals surface area (Å²) < 4.78 is 1.42. The lowest BCUT2D eigenvalue weighted by molar-refractivity contribution is -0.136. The zero-order valence-corrected chi connectivity index (χ0v) is 14.6. The van der Waals surface area contributed by atoms with Crippen LogP contribution in [0.25, 0.3) is 0 Å². The van der Waals surface area contributed by atoms with Crippen LogP contribution in [0.2, 0.25) is 0 Å². The van der Waals surface area contributed by atoms with Gasteiger partial charge in [-0.25, -0.2) is 0 Å². The van der Waals surface area contributed by atoms with Crippen molar-refractivity contribution in [2.24, 2.45) is 5.92 Å². The normalized spacial score (nSPS) is 17.6. The number of rotatable bonds is 6. The second-order valence-corrected chi connectivity index (χ2v) is 6.49. The molecule has 6 nitrogen and oxygen atoms in total. The smallest absolute Gasteiger partial charge is 0.251 e. The Kier molecular flexibility index (Phi) is 6.58. The second kappa shape index (κ2) is 8.66. The first-order chi connectivity index (χ1) is 11.5. The molecule has 1 aromatic heterocycles. The van der Waals surface area contributed by atoms with E-state index in [1.807, 2.05) is 13.0 Å². The van der Waals surface area contributed by atoms with E-state index in [9.17, 15) is 14.4 Å². The molecule has 1 aliphatic heterocycles. The maximum atomic E-state index is 12.5. The van der Waals surface area contributed by atoms with Crippen molar-refractivity contribution in [3.05, 3.63) is 34.2 Å². The molecule has 0 spiro atoms. The van der Waals surface area contributed by atoms with Gasteiger partial charge in [0, 0.05) is 31.9 Å². The molecule has 24 heavy (non-hydrogen) atoms. The molecule has 1 unspecified atom stereocenters. The number of piperidine rings is 1. The summed E-state index contributed by atoms with van der Waals surface area (Å²) in [5.74, 6) is -0.213. The van der Waals surface area contributed by atoms with Gasteiger partial charge in [0.1, 0.15) is 6.54 Å². The Morgan fingerprint density at radius 2 is 2.17 bits per heavy atom. The first-order valence-corrected chi connectivity index (χ1v) is 8.74. The highest BCUT2D eigenvalue weighted by molar-refractivity contribution is 5.81. The summed E-state index contributed by atoms with van der Waals surface area (Å²) in [5, 5.41) is 2.95. The summed E-state index contributed by atoms with van der Waals surface area (Å²) in [4.78, 5) is 38.3. The van der Waals surface area contributed by atoms with E-state index in [1.165, 1.54) is 10.6 Å². The van der Waals surface area contributed by atoms with Gasteiger partial charge in [0.05, 0.1) is 5.92 Å². The van der Waals surface area contributed by atoms with E-state index in [0.29, 0.717) is 19.6 Å². The van der Waals surface area contributed by atoms with Gasteiger partial charge in [-0.3, -0.25) is 14.4 Å². The van der Waals surface area contributed by atoms with Crippen LogP contribution < -0.4 is 10.9 Å². The van der Waals surface area contributed by atoms with E-state index in [4.69, 9.17) is 0 Å². The molecule has 6 heteroatoms. The standard InChI is InChI=1S/C18H27N3O3/c1-3-4-8-19-18(24)15-6-5-9-20(12-15)17(23)13-21-10-7-14(2)11-16(21)22/h7,10-11,15H,3-6,8-9,12-13H2,1-2H3,(H,19,24). The van der Waals surface area contributed by atoms with Gasteiger partial charge in [-0.2, -0.15) is 0 Å². The molecule has 1 N–H and O–H groups in total. The van der Waals surface area contributed by atoms with Crippen LogP contribution >= 0.6 is 0 Å². The Labute approximate surface area is 142 Å². The molecule has 1 fully saturated rings. The molecule has 0 aliphatic carbocycles. The zero-order chi connectivity index (χ0) is 17.5. The van der Waals surface area contributed by atoms with Gasteiger partial charge in [-0.15, -0.1) is 0 Å². The number of aryl methyl sites for hydroxylation is 1. The highest BCUT2D eigenvalue weighted by Crippen LogP contribution is 2.17. The number of hydrogen-bond donors (Lipinski definition) is 1. The quantitative estimate of drug-likeness (QED) is 0.798. The van der Waals surface area contributed by atoms with Crippen LogP contribution in [-0.2, 0) is 16.1 Å². The summed E-state index contributed by atoms with van der Waals surface area (Å²) in [7, 11) is 0. The van der Waals surface area contributed by atoms with Gasteiger partial charge in [-0.05, 0) is 37.8 Å². The topological polar surface area (TPSA) is 71.4 Å².